The SMILES string of the molecule is CO/N=C/c1cccc(NC(=O)N[C@@H]2N=C(c3ccccc3F)c3ccccc3N(Cc3cnc[nH]3)C2=O)c1.Cl. The molecule has 3 aromatic carbocycles. The Morgan fingerprint density at radius 1 is 1.12 bits per heavy atom. The Bertz CT molecular complexity index is 1560. The maximum absolute atomic E-state index is 15.0. The van der Waals surface area contributed by atoms with E-state index in [0.29, 0.717) is 28.2 Å². The van der Waals surface area contributed by atoms with Crippen molar-refractivity contribution < 1.29 is 18.8 Å². The third kappa shape index (κ3) is 6.16. The molecule has 0 saturated carbocycles. The van der Waals surface area contributed by atoms with E-state index in [1.165, 1.54) is 30.6 Å². The lowest BCUT2D eigenvalue weighted by molar-refractivity contribution is -0.120. The zero-order valence-corrected chi connectivity index (χ0v) is 22.1. The number of benzodiazepines with no additional fused rings is 1. The quantitative estimate of drug-likeness (QED) is 0.227. The van der Waals surface area contributed by atoms with E-state index in [9.17, 15) is 14.0 Å². The Labute approximate surface area is 235 Å². The molecule has 0 saturated heterocycles. The van der Waals surface area contributed by atoms with Crippen molar-refractivity contribution in [3.05, 3.63) is 114 Å². The van der Waals surface area contributed by atoms with Crippen molar-refractivity contribution in [3.63, 3.8) is 0 Å². The molecule has 0 spiro atoms. The average molecular weight is 562 g/mol. The number of nitrogens with one attached hydrogen (secondary N) is 3. The first-order valence-corrected chi connectivity index (χ1v) is 12.0. The summed E-state index contributed by atoms with van der Waals surface area (Å²) in [5.41, 5.74) is 3.35. The molecular weight excluding hydrogens is 537 g/mol. The summed E-state index contributed by atoms with van der Waals surface area (Å²) in [6.45, 7) is 0.136. The summed E-state index contributed by atoms with van der Waals surface area (Å²) in [4.78, 5) is 44.8. The van der Waals surface area contributed by atoms with Gasteiger partial charge in [-0.1, -0.05) is 47.6 Å². The van der Waals surface area contributed by atoms with E-state index in [4.69, 9.17) is 4.84 Å². The Kier molecular flexibility index (Phi) is 8.87. The lowest BCUT2D eigenvalue weighted by Gasteiger charge is -2.25. The summed E-state index contributed by atoms with van der Waals surface area (Å²) in [6.07, 6.45) is 3.26. The van der Waals surface area contributed by atoms with Gasteiger partial charge in [-0.15, -0.1) is 12.4 Å². The van der Waals surface area contributed by atoms with Crippen molar-refractivity contribution in [1.82, 2.24) is 15.3 Å². The van der Waals surface area contributed by atoms with Crippen LogP contribution >= 0.6 is 12.4 Å². The normalized spacial score (nSPS) is 14.6. The monoisotopic (exact) mass is 561 g/mol. The van der Waals surface area contributed by atoms with Gasteiger partial charge in [0.1, 0.15) is 12.9 Å². The molecule has 0 fully saturated rings. The number of aliphatic imine (C=N–C) groups is 1. The van der Waals surface area contributed by atoms with Crippen LogP contribution in [0.1, 0.15) is 22.4 Å². The van der Waals surface area contributed by atoms with Crippen LogP contribution < -0.4 is 15.5 Å². The molecule has 0 bridgehead atoms. The number of para-hydroxylation sites is 1. The second-order valence-corrected chi connectivity index (χ2v) is 8.52. The molecule has 4 aromatic rings. The molecule has 0 unspecified atom stereocenters. The number of H-pyrrole nitrogens is 1. The molecule has 1 atom stereocenters. The smallest absolute Gasteiger partial charge is 0.321 e. The molecule has 1 aliphatic heterocycles. The Morgan fingerprint density at radius 2 is 1.90 bits per heavy atom. The number of carbonyl (C=O) groups is 2. The molecule has 40 heavy (non-hydrogen) atoms. The lowest BCUT2D eigenvalue weighted by Crippen LogP contribution is -2.48. The molecule has 5 rings (SSSR count). The van der Waals surface area contributed by atoms with E-state index < -0.39 is 23.9 Å². The number of benzene rings is 3. The highest BCUT2D eigenvalue weighted by Gasteiger charge is 2.34. The number of rotatable bonds is 7. The van der Waals surface area contributed by atoms with Crippen molar-refractivity contribution in [2.45, 2.75) is 12.7 Å². The number of fused-ring (bicyclic) bond motifs is 1. The van der Waals surface area contributed by atoms with Gasteiger partial charge >= 0.3 is 6.03 Å². The van der Waals surface area contributed by atoms with E-state index in [1.807, 2.05) is 0 Å². The first kappa shape index (κ1) is 28.0. The Hall–Kier alpha value is -5.03. The van der Waals surface area contributed by atoms with E-state index in [1.54, 1.807) is 72.9 Å². The van der Waals surface area contributed by atoms with Gasteiger partial charge in [0, 0.05) is 23.0 Å². The average Bonchev–Trinajstić information content (AvgIpc) is 3.43. The summed E-state index contributed by atoms with van der Waals surface area (Å²) < 4.78 is 15.0. The predicted molar refractivity (Wildman–Crippen MR) is 152 cm³/mol. The number of imidazole rings is 1. The van der Waals surface area contributed by atoms with Crippen molar-refractivity contribution in [2.75, 3.05) is 17.3 Å². The minimum atomic E-state index is -1.35. The molecule has 10 nitrogen and oxygen atoms in total. The van der Waals surface area contributed by atoms with Crippen LogP contribution in [0, 0.1) is 5.82 Å². The molecule has 2 heterocycles. The fourth-order valence-corrected chi connectivity index (χ4v) is 4.20. The van der Waals surface area contributed by atoms with Crippen molar-refractivity contribution >= 4 is 47.6 Å². The minimum Gasteiger partial charge on any atom is -0.399 e. The second kappa shape index (κ2) is 12.7. The fraction of sp³-hybridized carbons (Fsp3) is 0.107. The topological polar surface area (TPSA) is 124 Å². The van der Waals surface area contributed by atoms with Crippen LogP contribution in [-0.2, 0) is 16.2 Å². The Balaban J connectivity index is 0.00000370. The largest absolute Gasteiger partial charge is 0.399 e. The highest BCUT2D eigenvalue weighted by molar-refractivity contribution is 6.20. The summed E-state index contributed by atoms with van der Waals surface area (Å²) >= 11 is 0. The Morgan fingerprint density at radius 3 is 2.65 bits per heavy atom. The summed E-state index contributed by atoms with van der Waals surface area (Å²) in [5.74, 6) is -1.00. The second-order valence-electron chi connectivity index (χ2n) is 8.52. The first-order chi connectivity index (χ1) is 19.0. The number of urea groups is 1. The van der Waals surface area contributed by atoms with Gasteiger partial charge in [0.2, 0.25) is 6.17 Å². The standard InChI is InChI=1S/C28H24FN7O3.ClH/c1-39-32-14-18-7-6-8-19(13-18)33-28(38)35-26-27(37)36(16-20-15-30-17-31-20)24-12-5-3-10-22(24)25(34-26)21-9-2-4-11-23(21)29;/h2-15,17,26H,16H2,1H3,(H,30,31)(H2,33,35,38);1H/b32-14+;/t26-;/m0./s1. The molecule has 1 aliphatic rings. The maximum Gasteiger partial charge on any atom is 0.321 e. The van der Waals surface area contributed by atoms with Crippen LogP contribution in [-0.4, -0.2) is 47.1 Å². The van der Waals surface area contributed by atoms with E-state index >= 15 is 0 Å². The van der Waals surface area contributed by atoms with Crippen LogP contribution in [0.4, 0.5) is 20.6 Å². The number of anilines is 2. The van der Waals surface area contributed by atoms with Crippen LogP contribution in [0.3, 0.4) is 0 Å². The number of hydrogen-bond donors (Lipinski definition) is 3. The number of amides is 3. The molecule has 12 heteroatoms. The van der Waals surface area contributed by atoms with Gasteiger partial charge in [-0.05, 0) is 35.9 Å². The van der Waals surface area contributed by atoms with Gasteiger partial charge in [0.15, 0.2) is 0 Å². The highest BCUT2D eigenvalue weighted by atomic mass is 35.5. The predicted octanol–water partition coefficient (Wildman–Crippen LogP) is 4.48. The third-order valence-corrected chi connectivity index (χ3v) is 5.94. The van der Waals surface area contributed by atoms with Crippen LogP contribution in [0.25, 0.3) is 0 Å². The summed E-state index contributed by atoms with van der Waals surface area (Å²) in [6, 6.07) is 19.5. The molecule has 0 radical (unpaired) electrons. The van der Waals surface area contributed by atoms with E-state index in [2.05, 4.69) is 30.7 Å². The maximum atomic E-state index is 15.0. The molecule has 1 aromatic heterocycles. The van der Waals surface area contributed by atoms with Gasteiger partial charge in [0.05, 0.1) is 36.2 Å². The lowest BCUT2D eigenvalue weighted by atomic mass is 9.99. The number of oxime groups is 1. The van der Waals surface area contributed by atoms with Crippen LogP contribution in [0.5, 0.6) is 0 Å². The van der Waals surface area contributed by atoms with Gasteiger partial charge in [-0.3, -0.25) is 4.79 Å². The van der Waals surface area contributed by atoms with Gasteiger partial charge in [0.25, 0.3) is 5.91 Å². The minimum absolute atomic E-state index is 0. The number of aromatic nitrogens is 2. The zero-order chi connectivity index (χ0) is 27.2. The first-order valence-electron chi connectivity index (χ1n) is 12.0. The van der Waals surface area contributed by atoms with Crippen molar-refractivity contribution in [2.24, 2.45) is 10.1 Å². The number of nitrogens with zero attached hydrogens (tertiary/aromatic N) is 4. The number of hydrogen-bond acceptors (Lipinski definition) is 6. The molecule has 204 valence electrons. The number of halogens is 2. The van der Waals surface area contributed by atoms with E-state index in [-0.39, 0.29) is 30.2 Å². The van der Waals surface area contributed by atoms with Crippen LogP contribution in [0.2, 0.25) is 0 Å². The van der Waals surface area contributed by atoms with Gasteiger partial charge in [-0.2, -0.15) is 0 Å². The number of aromatic amines is 1. The van der Waals surface area contributed by atoms with Crippen LogP contribution in [0.15, 0.2) is 95.5 Å². The molecular formula is C28H25ClFN7O3. The van der Waals surface area contributed by atoms with Gasteiger partial charge in [-0.25, -0.2) is 19.2 Å². The zero-order valence-electron chi connectivity index (χ0n) is 21.2. The summed E-state index contributed by atoms with van der Waals surface area (Å²) in [5, 5.41) is 9.08. The van der Waals surface area contributed by atoms with E-state index in [0.717, 1.165) is 0 Å². The fourth-order valence-electron chi connectivity index (χ4n) is 4.20. The molecule has 3 amide bonds. The van der Waals surface area contributed by atoms with Gasteiger partial charge < -0.3 is 25.4 Å². The third-order valence-electron chi connectivity index (χ3n) is 5.94. The number of carbonyl (C=O) groups excluding carboxylic acids is 2. The van der Waals surface area contributed by atoms with Crippen molar-refractivity contribution in [1.29, 1.82) is 0 Å². The molecule has 3 N–H and O–H groups in total. The highest BCUT2D eigenvalue weighted by Crippen LogP contribution is 2.30. The summed E-state index contributed by atoms with van der Waals surface area (Å²) in [7, 11) is 1.43. The van der Waals surface area contributed by atoms with Crippen molar-refractivity contribution in [3.8, 4) is 0 Å². The molecule has 0 aliphatic carbocycles.